The molecule has 36 heavy (non-hydrogen) atoms. The molecule has 0 saturated heterocycles. The lowest BCUT2D eigenvalue weighted by Gasteiger charge is -2.28. The molecule has 1 amide bonds. The lowest BCUT2D eigenvalue weighted by Crippen LogP contribution is -2.29. The number of nitrogens with one attached hydrogen (secondary N) is 1. The fourth-order valence-electron chi connectivity index (χ4n) is 4.34. The molecule has 10 nitrogen and oxygen atoms in total. The molecule has 1 aliphatic rings. The fourth-order valence-corrected chi connectivity index (χ4v) is 4.34. The zero-order valence-corrected chi connectivity index (χ0v) is 20.5. The van der Waals surface area contributed by atoms with E-state index in [-0.39, 0.29) is 25.2 Å². The molecule has 0 bridgehead atoms. The molecule has 2 atom stereocenters. The maximum absolute atomic E-state index is 12.2. The van der Waals surface area contributed by atoms with Gasteiger partial charge in [-0.3, -0.25) is 4.79 Å². The zero-order chi connectivity index (χ0) is 25.5. The first-order chi connectivity index (χ1) is 17.4. The molecule has 4 rings (SSSR count). The van der Waals surface area contributed by atoms with Crippen molar-refractivity contribution in [3.05, 3.63) is 59.4 Å². The maximum Gasteiger partial charge on any atom is 0.407 e. The average molecular weight is 494 g/mol. The summed E-state index contributed by atoms with van der Waals surface area (Å²) < 4.78 is 13.1. The first-order valence-electron chi connectivity index (χ1n) is 12.2. The van der Waals surface area contributed by atoms with E-state index in [1.807, 2.05) is 49.4 Å². The number of carboxylic acids is 1. The van der Waals surface area contributed by atoms with E-state index in [1.165, 1.54) is 0 Å². The Morgan fingerprint density at radius 3 is 2.72 bits per heavy atom. The van der Waals surface area contributed by atoms with E-state index >= 15 is 0 Å². The molecule has 190 valence electrons. The molecule has 2 N–H and O–H groups in total. The van der Waals surface area contributed by atoms with E-state index in [9.17, 15) is 14.7 Å². The number of carbonyl (C=O) groups excluding carboxylic acids is 1. The molecule has 10 heteroatoms. The van der Waals surface area contributed by atoms with Gasteiger partial charge < -0.3 is 19.9 Å². The zero-order valence-electron chi connectivity index (χ0n) is 20.5. The van der Waals surface area contributed by atoms with E-state index in [2.05, 4.69) is 15.6 Å². The number of hydrogen-bond donors (Lipinski definition) is 2. The first kappa shape index (κ1) is 25.2. The number of benzene rings is 1. The van der Waals surface area contributed by atoms with Gasteiger partial charge in [0, 0.05) is 7.05 Å². The predicted molar refractivity (Wildman–Crippen MR) is 131 cm³/mol. The van der Waals surface area contributed by atoms with Gasteiger partial charge >= 0.3 is 12.1 Å². The number of amides is 1. The Kier molecular flexibility index (Phi) is 8.14. The highest BCUT2D eigenvalue weighted by Gasteiger charge is 2.28. The minimum absolute atomic E-state index is 0.143. The molecule has 0 unspecified atom stereocenters. The van der Waals surface area contributed by atoms with Crippen molar-refractivity contribution in [1.29, 1.82) is 0 Å². The Bertz CT molecular complexity index is 1200. The molecule has 2 heterocycles. The van der Waals surface area contributed by atoms with Crippen molar-refractivity contribution in [3.63, 3.8) is 0 Å². The third-order valence-corrected chi connectivity index (χ3v) is 6.33. The lowest BCUT2D eigenvalue weighted by atomic mass is 9.87. The Morgan fingerprint density at radius 1 is 1.17 bits per heavy atom. The van der Waals surface area contributed by atoms with Gasteiger partial charge in [-0.1, -0.05) is 42.5 Å². The SMILES string of the molecule is CCc1nc(-c2nnn(C)c2CNC(=O)OCc2ccccc2)ccc1O[C@H]1CCC[C@H](C(=O)O)C1. The summed E-state index contributed by atoms with van der Waals surface area (Å²) in [6, 6.07) is 13.1. The minimum atomic E-state index is -0.764. The van der Waals surface area contributed by atoms with E-state index in [0.29, 0.717) is 42.1 Å². The highest BCUT2D eigenvalue weighted by atomic mass is 16.5. The number of hydrogen-bond acceptors (Lipinski definition) is 7. The molecule has 1 aromatic carbocycles. The number of nitrogens with zero attached hydrogens (tertiary/aromatic N) is 4. The number of aliphatic carboxylic acids is 1. The molecule has 1 fully saturated rings. The van der Waals surface area contributed by atoms with E-state index in [4.69, 9.17) is 14.5 Å². The number of ether oxygens (including phenoxy) is 2. The highest BCUT2D eigenvalue weighted by molar-refractivity contribution is 5.70. The molecular weight excluding hydrogens is 462 g/mol. The third-order valence-electron chi connectivity index (χ3n) is 6.33. The van der Waals surface area contributed by atoms with Gasteiger partial charge in [0.15, 0.2) is 0 Å². The van der Waals surface area contributed by atoms with Crippen LogP contribution in [0.2, 0.25) is 0 Å². The van der Waals surface area contributed by atoms with Crippen molar-refractivity contribution in [2.45, 2.75) is 58.3 Å². The number of carboxylic acid groups (broad SMARTS) is 1. The van der Waals surface area contributed by atoms with Crippen LogP contribution in [0.5, 0.6) is 5.75 Å². The molecular formula is C26H31N5O5. The van der Waals surface area contributed by atoms with Gasteiger partial charge in [0.25, 0.3) is 0 Å². The molecule has 0 aliphatic heterocycles. The van der Waals surface area contributed by atoms with Gasteiger partial charge in [0.05, 0.1) is 35.6 Å². The number of aryl methyl sites for hydroxylation is 2. The topological polar surface area (TPSA) is 128 Å². The van der Waals surface area contributed by atoms with Crippen LogP contribution in [0, 0.1) is 5.92 Å². The number of alkyl carbamates (subject to hydrolysis) is 1. The quantitative estimate of drug-likeness (QED) is 0.459. The highest BCUT2D eigenvalue weighted by Crippen LogP contribution is 2.31. The van der Waals surface area contributed by atoms with Crippen LogP contribution in [0.25, 0.3) is 11.4 Å². The molecule has 0 spiro atoms. The van der Waals surface area contributed by atoms with Gasteiger partial charge in [-0.25, -0.2) is 14.5 Å². The second kappa shape index (κ2) is 11.7. The number of carbonyl (C=O) groups is 2. The Hall–Kier alpha value is -3.95. The molecule has 2 aromatic heterocycles. The van der Waals surface area contributed by atoms with Crippen LogP contribution < -0.4 is 10.1 Å². The van der Waals surface area contributed by atoms with E-state index in [1.54, 1.807) is 11.7 Å². The summed E-state index contributed by atoms with van der Waals surface area (Å²) in [6.45, 7) is 2.34. The van der Waals surface area contributed by atoms with Crippen LogP contribution in [0.3, 0.4) is 0 Å². The van der Waals surface area contributed by atoms with E-state index in [0.717, 1.165) is 24.1 Å². The smallest absolute Gasteiger partial charge is 0.407 e. The van der Waals surface area contributed by atoms with Gasteiger partial charge in [-0.2, -0.15) is 0 Å². The third kappa shape index (κ3) is 6.18. The summed E-state index contributed by atoms with van der Waals surface area (Å²) in [5.41, 5.74) is 3.53. The van der Waals surface area contributed by atoms with Crippen LogP contribution >= 0.6 is 0 Å². The average Bonchev–Trinajstić information content (AvgIpc) is 3.27. The minimum Gasteiger partial charge on any atom is -0.488 e. The largest absolute Gasteiger partial charge is 0.488 e. The number of aromatic nitrogens is 4. The van der Waals surface area contributed by atoms with Gasteiger partial charge in [0.1, 0.15) is 18.1 Å². The predicted octanol–water partition coefficient (Wildman–Crippen LogP) is 3.89. The van der Waals surface area contributed by atoms with Crippen molar-refractivity contribution in [2.24, 2.45) is 13.0 Å². The first-order valence-corrected chi connectivity index (χ1v) is 12.2. The fraction of sp³-hybridized carbons (Fsp3) is 0.423. The van der Waals surface area contributed by atoms with Crippen molar-refractivity contribution in [1.82, 2.24) is 25.3 Å². The standard InChI is InChI=1S/C26H31N5O5/c1-3-20-23(36-19-11-7-10-18(14-19)25(32)33)13-12-21(28-20)24-22(31(2)30-29-24)15-27-26(34)35-16-17-8-5-4-6-9-17/h4-6,8-9,12-13,18-19H,3,7,10-11,14-16H2,1-2H3,(H,27,34)(H,32,33)/t18-,19-/m0/s1. The second-order valence-corrected chi connectivity index (χ2v) is 8.86. The lowest BCUT2D eigenvalue weighted by molar-refractivity contribution is -0.143. The van der Waals surface area contributed by atoms with Gasteiger partial charge in [-0.05, 0) is 49.8 Å². The Balaban J connectivity index is 1.42. The summed E-state index contributed by atoms with van der Waals surface area (Å²) in [6.07, 6.45) is 2.81. The monoisotopic (exact) mass is 493 g/mol. The number of pyridine rings is 1. The van der Waals surface area contributed by atoms with Gasteiger partial charge in [-0.15, -0.1) is 5.10 Å². The normalized spacial score (nSPS) is 17.4. The van der Waals surface area contributed by atoms with Crippen LogP contribution in [0.1, 0.15) is 49.6 Å². The van der Waals surface area contributed by atoms with Crippen LogP contribution in [0.15, 0.2) is 42.5 Å². The summed E-state index contributed by atoms with van der Waals surface area (Å²) in [5.74, 6) is -0.472. The Labute approximate surface area is 209 Å². The van der Waals surface area contributed by atoms with Gasteiger partial charge in [0.2, 0.25) is 0 Å². The van der Waals surface area contributed by atoms with Crippen molar-refractivity contribution >= 4 is 12.1 Å². The molecule has 3 aromatic rings. The van der Waals surface area contributed by atoms with Crippen molar-refractivity contribution < 1.29 is 24.2 Å². The van der Waals surface area contributed by atoms with Crippen LogP contribution in [-0.4, -0.2) is 43.3 Å². The Morgan fingerprint density at radius 2 is 1.97 bits per heavy atom. The molecule has 1 saturated carbocycles. The van der Waals surface area contributed by atoms with Crippen molar-refractivity contribution in [2.75, 3.05) is 0 Å². The molecule has 0 radical (unpaired) electrons. The van der Waals surface area contributed by atoms with Crippen LogP contribution in [0.4, 0.5) is 4.79 Å². The summed E-state index contributed by atoms with van der Waals surface area (Å²) in [5, 5.41) is 20.5. The van der Waals surface area contributed by atoms with Crippen molar-refractivity contribution in [3.8, 4) is 17.1 Å². The second-order valence-electron chi connectivity index (χ2n) is 8.86. The summed E-state index contributed by atoms with van der Waals surface area (Å²) >= 11 is 0. The van der Waals surface area contributed by atoms with Crippen LogP contribution in [-0.2, 0) is 36.2 Å². The summed E-state index contributed by atoms with van der Waals surface area (Å²) in [7, 11) is 1.75. The van der Waals surface area contributed by atoms with E-state index < -0.39 is 12.1 Å². The maximum atomic E-state index is 12.2. The molecule has 1 aliphatic carbocycles. The summed E-state index contributed by atoms with van der Waals surface area (Å²) in [4.78, 5) is 28.4. The number of rotatable bonds is 9.